The highest BCUT2D eigenvalue weighted by atomic mass is 16.2. The Kier molecular flexibility index (Phi) is 6.68. The van der Waals surface area contributed by atoms with E-state index in [4.69, 9.17) is 0 Å². The maximum atomic E-state index is 13.0. The number of carbonyl (C=O) groups is 2. The molecule has 0 atom stereocenters. The van der Waals surface area contributed by atoms with Crippen LogP contribution in [0.25, 0.3) is 6.08 Å². The summed E-state index contributed by atoms with van der Waals surface area (Å²) in [4.78, 5) is 27.6. The first-order valence-electron chi connectivity index (χ1n) is 10.6. The number of ketones is 1. The molecule has 0 radical (unpaired) electrons. The molecule has 0 spiro atoms. The van der Waals surface area contributed by atoms with Gasteiger partial charge in [-0.25, -0.2) is 0 Å². The second-order valence-electron chi connectivity index (χ2n) is 7.81. The fraction of sp³-hybridized carbons (Fsp3) is 0.458. The van der Waals surface area contributed by atoms with Crippen molar-refractivity contribution >= 4 is 17.8 Å². The van der Waals surface area contributed by atoms with Crippen LogP contribution in [0.5, 0.6) is 0 Å². The topological polar surface area (TPSA) is 55.2 Å². The van der Waals surface area contributed by atoms with Gasteiger partial charge in [-0.3, -0.25) is 14.3 Å². The van der Waals surface area contributed by atoms with Crippen LogP contribution in [0.1, 0.15) is 56.4 Å². The fourth-order valence-corrected chi connectivity index (χ4v) is 4.19. The highest BCUT2D eigenvalue weighted by Gasteiger charge is 2.42. The van der Waals surface area contributed by atoms with Crippen molar-refractivity contribution in [3.05, 3.63) is 59.4 Å². The van der Waals surface area contributed by atoms with Gasteiger partial charge >= 0.3 is 0 Å². The van der Waals surface area contributed by atoms with Crippen molar-refractivity contribution < 1.29 is 9.59 Å². The highest BCUT2D eigenvalue weighted by Crippen LogP contribution is 2.37. The van der Waals surface area contributed by atoms with Gasteiger partial charge in [0.15, 0.2) is 0 Å². The lowest BCUT2D eigenvalue weighted by Gasteiger charge is -2.41. The molecule has 3 rings (SSSR count). The second kappa shape index (κ2) is 9.21. The number of hydrogen-bond acceptors (Lipinski definition) is 3. The van der Waals surface area contributed by atoms with Gasteiger partial charge in [-0.1, -0.05) is 37.3 Å². The zero-order valence-corrected chi connectivity index (χ0v) is 17.7. The van der Waals surface area contributed by atoms with Gasteiger partial charge in [0.05, 0.1) is 11.1 Å². The summed E-state index contributed by atoms with van der Waals surface area (Å²) in [7, 11) is 0. The summed E-state index contributed by atoms with van der Waals surface area (Å²) in [6.45, 7) is 8.04. The summed E-state index contributed by atoms with van der Waals surface area (Å²) < 4.78 is 1.87. The first-order valence-corrected chi connectivity index (χ1v) is 10.6. The number of benzene rings is 1. The molecule has 1 aromatic heterocycles. The Hall–Kier alpha value is -2.69. The van der Waals surface area contributed by atoms with Crippen molar-refractivity contribution in [3.8, 4) is 0 Å². The predicted octanol–water partition coefficient (Wildman–Crippen LogP) is 4.15. The molecule has 1 aliphatic heterocycles. The summed E-state index contributed by atoms with van der Waals surface area (Å²) in [5.41, 5.74) is 2.51. The third kappa shape index (κ3) is 4.50. The summed E-state index contributed by atoms with van der Waals surface area (Å²) >= 11 is 0. The second-order valence-corrected chi connectivity index (χ2v) is 7.81. The van der Waals surface area contributed by atoms with E-state index in [0.717, 1.165) is 29.8 Å². The van der Waals surface area contributed by atoms with Crippen LogP contribution in [0.3, 0.4) is 0 Å². The molecule has 29 heavy (non-hydrogen) atoms. The standard InChI is InChI=1S/C24H31N3O2/c1-4-9-22(28)24(21-10-7-6-8-11-21)14-16-26(17-15-24)23(29)13-12-20-18-27(5-2)25-19(20)3/h6-8,10-13,18H,4-5,9,14-17H2,1-3H3/b13-12+. The largest absolute Gasteiger partial charge is 0.339 e. The molecule has 0 unspecified atom stereocenters. The number of likely N-dealkylation sites (tertiary alicyclic amines) is 1. The van der Waals surface area contributed by atoms with Crippen LogP contribution in [0, 0.1) is 6.92 Å². The number of hydrogen-bond donors (Lipinski definition) is 0. The Bertz CT molecular complexity index is 875. The summed E-state index contributed by atoms with van der Waals surface area (Å²) in [6.07, 6.45) is 8.24. The van der Waals surface area contributed by atoms with Crippen LogP contribution >= 0.6 is 0 Å². The normalized spacial score (nSPS) is 16.3. The Morgan fingerprint density at radius 3 is 2.41 bits per heavy atom. The zero-order chi connectivity index (χ0) is 20.9. The van der Waals surface area contributed by atoms with Gasteiger partial charge < -0.3 is 4.90 Å². The van der Waals surface area contributed by atoms with Crippen molar-refractivity contribution in [1.29, 1.82) is 0 Å². The monoisotopic (exact) mass is 393 g/mol. The van der Waals surface area contributed by atoms with Gasteiger partial charge in [-0.2, -0.15) is 5.10 Å². The predicted molar refractivity (Wildman–Crippen MR) is 116 cm³/mol. The number of aryl methyl sites for hydroxylation is 2. The van der Waals surface area contributed by atoms with Gasteiger partial charge in [0.2, 0.25) is 5.91 Å². The fourth-order valence-electron chi connectivity index (χ4n) is 4.19. The Morgan fingerprint density at radius 1 is 1.14 bits per heavy atom. The molecule has 0 bridgehead atoms. The van der Waals surface area contributed by atoms with E-state index in [9.17, 15) is 9.59 Å². The lowest BCUT2D eigenvalue weighted by Crippen LogP contribution is -2.48. The van der Waals surface area contributed by atoms with E-state index in [1.807, 2.05) is 60.8 Å². The van der Waals surface area contributed by atoms with Crippen LogP contribution in [0.4, 0.5) is 0 Å². The van der Waals surface area contributed by atoms with Crippen LogP contribution < -0.4 is 0 Å². The summed E-state index contributed by atoms with van der Waals surface area (Å²) in [6, 6.07) is 10.1. The lowest BCUT2D eigenvalue weighted by molar-refractivity contribution is -0.132. The van der Waals surface area contributed by atoms with Gasteiger partial charge in [0, 0.05) is 43.9 Å². The van der Waals surface area contributed by atoms with Crippen molar-refractivity contribution in [2.75, 3.05) is 13.1 Å². The third-order valence-corrected chi connectivity index (χ3v) is 5.98. The van der Waals surface area contributed by atoms with E-state index in [1.165, 1.54) is 0 Å². The number of piperidine rings is 1. The smallest absolute Gasteiger partial charge is 0.246 e. The van der Waals surface area contributed by atoms with Gasteiger partial charge in [-0.05, 0) is 44.7 Å². The molecule has 1 fully saturated rings. The Balaban J connectivity index is 1.71. The SMILES string of the molecule is CCCC(=O)C1(c2ccccc2)CCN(C(=O)/C=C/c2cn(CC)nc2C)CC1. The molecule has 0 aliphatic carbocycles. The average molecular weight is 394 g/mol. The van der Waals surface area contributed by atoms with Gasteiger partial charge in [0.1, 0.15) is 5.78 Å². The van der Waals surface area contributed by atoms with Gasteiger partial charge in [-0.15, -0.1) is 0 Å². The molecule has 2 heterocycles. The van der Waals surface area contributed by atoms with Crippen molar-refractivity contribution in [3.63, 3.8) is 0 Å². The number of carbonyl (C=O) groups excluding carboxylic acids is 2. The minimum Gasteiger partial charge on any atom is -0.339 e. The minimum atomic E-state index is -0.462. The third-order valence-electron chi connectivity index (χ3n) is 5.98. The van der Waals surface area contributed by atoms with Crippen LogP contribution in [0.2, 0.25) is 0 Å². The molecule has 1 amide bonds. The quantitative estimate of drug-likeness (QED) is 0.664. The first kappa shape index (κ1) is 21.0. The van der Waals surface area contributed by atoms with Crippen LogP contribution in [0.15, 0.2) is 42.6 Å². The van der Waals surface area contributed by atoms with E-state index in [-0.39, 0.29) is 5.91 Å². The van der Waals surface area contributed by atoms with Crippen molar-refractivity contribution in [2.45, 2.75) is 58.4 Å². The van der Waals surface area contributed by atoms with Crippen LogP contribution in [-0.2, 0) is 21.5 Å². The molecule has 0 saturated carbocycles. The Morgan fingerprint density at radius 2 is 1.83 bits per heavy atom. The maximum Gasteiger partial charge on any atom is 0.246 e. The molecule has 5 heteroatoms. The van der Waals surface area contributed by atoms with Crippen molar-refractivity contribution in [2.24, 2.45) is 0 Å². The molecule has 1 saturated heterocycles. The molecule has 1 aromatic carbocycles. The molecule has 5 nitrogen and oxygen atoms in total. The summed E-state index contributed by atoms with van der Waals surface area (Å²) in [5.74, 6) is 0.301. The molecule has 1 aliphatic rings. The number of aromatic nitrogens is 2. The molecule has 0 N–H and O–H groups in total. The molecular formula is C24H31N3O2. The van der Waals surface area contributed by atoms with Crippen molar-refractivity contribution in [1.82, 2.24) is 14.7 Å². The molecular weight excluding hydrogens is 362 g/mol. The number of amides is 1. The molecule has 2 aromatic rings. The lowest BCUT2D eigenvalue weighted by atomic mass is 9.68. The average Bonchev–Trinajstić information content (AvgIpc) is 3.12. The van der Waals surface area contributed by atoms with E-state index >= 15 is 0 Å². The number of Topliss-reactive ketones (excluding diaryl/α,β-unsaturated/α-hetero) is 1. The maximum absolute atomic E-state index is 13.0. The van der Waals surface area contributed by atoms with E-state index in [2.05, 4.69) is 17.2 Å². The van der Waals surface area contributed by atoms with Crippen LogP contribution in [-0.4, -0.2) is 39.5 Å². The highest BCUT2D eigenvalue weighted by molar-refractivity contribution is 5.93. The number of rotatable bonds is 7. The molecule has 154 valence electrons. The van der Waals surface area contributed by atoms with E-state index in [0.29, 0.717) is 38.1 Å². The van der Waals surface area contributed by atoms with Gasteiger partial charge in [0.25, 0.3) is 0 Å². The Labute approximate surface area is 173 Å². The minimum absolute atomic E-state index is 0.00162. The van der Waals surface area contributed by atoms with E-state index in [1.54, 1.807) is 6.08 Å². The summed E-state index contributed by atoms with van der Waals surface area (Å²) in [5, 5.41) is 4.41. The zero-order valence-electron chi connectivity index (χ0n) is 17.7. The van der Waals surface area contributed by atoms with E-state index < -0.39 is 5.41 Å². The first-order chi connectivity index (χ1) is 14.0. The number of nitrogens with zero attached hydrogens (tertiary/aromatic N) is 3.